The van der Waals surface area contributed by atoms with Crippen LogP contribution in [0.15, 0.2) is 69.1 Å². The van der Waals surface area contributed by atoms with Gasteiger partial charge in [-0.2, -0.15) is 0 Å². The van der Waals surface area contributed by atoms with Gasteiger partial charge in [0.05, 0.1) is 10.3 Å². The summed E-state index contributed by atoms with van der Waals surface area (Å²) < 4.78 is 40.4. The predicted octanol–water partition coefficient (Wildman–Crippen LogP) is 5.46. The number of benzene rings is 2. The molecule has 1 atom stereocenters. The fourth-order valence-electron chi connectivity index (χ4n) is 2.30. The number of rotatable bonds is 7. The molecule has 152 valence electrons. The Bertz CT molecular complexity index is 1100. The maximum Gasteiger partial charge on any atom is 0.271 e. The largest absolute Gasteiger partial charge is 0.325 e. The van der Waals surface area contributed by atoms with E-state index in [-0.39, 0.29) is 15.1 Å². The number of halogens is 2. The molecule has 0 fully saturated rings. The molecule has 0 aliphatic carbocycles. The first-order valence-electron chi connectivity index (χ1n) is 8.33. The lowest BCUT2D eigenvalue weighted by atomic mass is 10.3. The Morgan fingerprint density at radius 1 is 1.14 bits per heavy atom. The van der Waals surface area contributed by atoms with Gasteiger partial charge in [-0.05, 0) is 60.8 Å². The molecular weight excluding hydrogens is 455 g/mol. The molecule has 1 amide bonds. The van der Waals surface area contributed by atoms with Crippen LogP contribution < -0.4 is 10.0 Å². The Morgan fingerprint density at radius 3 is 2.45 bits per heavy atom. The van der Waals surface area contributed by atoms with Crippen LogP contribution in [0, 0.1) is 5.82 Å². The molecule has 5 nitrogen and oxygen atoms in total. The molecule has 2 aromatic carbocycles. The Kier molecular flexibility index (Phi) is 6.84. The maximum atomic E-state index is 13.2. The standard InChI is InChI=1S/C19H16ClFN2O3S3/c1-12(19(24)22-14-6-9-17(21)16(20)11-14)28-15-7-4-13(5-8-15)23-29(25,26)18-3-2-10-27-18/h2-12,23H,1H3,(H,22,24). The molecule has 0 saturated carbocycles. The first kappa shape index (κ1) is 21.6. The number of thiophene rings is 1. The SMILES string of the molecule is CC(Sc1ccc(NS(=O)(=O)c2cccs2)cc1)C(=O)Nc1ccc(F)c(Cl)c1. The number of sulfonamides is 1. The van der Waals surface area contributed by atoms with Crippen LogP contribution in [-0.2, 0) is 14.8 Å². The van der Waals surface area contributed by atoms with Crippen LogP contribution in [0.4, 0.5) is 15.8 Å². The number of hydrogen-bond donors (Lipinski definition) is 2. The topological polar surface area (TPSA) is 75.3 Å². The van der Waals surface area contributed by atoms with Gasteiger partial charge in [0.2, 0.25) is 5.91 Å². The van der Waals surface area contributed by atoms with Crippen LogP contribution in [0.1, 0.15) is 6.92 Å². The summed E-state index contributed by atoms with van der Waals surface area (Å²) in [6.45, 7) is 1.73. The highest BCUT2D eigenvalue weighted by Gasteiger charge is 2.17. The van der Waals surface area contributed by atoms with E-state index in [0.29, 0.717) is 11.4 Å². The lowest BCUT2D eigenvalue weighted by molar-refractivity contribution is -0.115. The van der Waals surface area contributed by atoms with Crippen molar-refractivity contribution in [1.82, 2.24) is 0 Å². The van der Waals surface area contributed by atoms with E-state index in [9.17, 15) is 17.6 Å². The van der Waals surface area contributed by atoms with Crippen molar-refractivity contribution in [3.63, 3.8) is 0 Å². The van der Waals surface area contributed by atoms with Crippen molar-refractivity contribution in [2.24, 2.45) is 0 Å². The number of amides is 1. The number of hydrogen-bond acceptors (Lipinski definition) is 5. The molecule has 0 aliphatic rings. The second kappa shape index (κ2) is 9.17. The summed E-state index contributed by atoms with van der Waals surface area (Å²) in [6.07, 6.45) is 0. The average molecular weight is 471 g/mol. The summed E-state index contributed by atoms with van der Waals surface area (Å²) in [5.41, 5.74) is 0.841. The first-order valence-corrected chi connectivity index (χ1v) is 12.0. The number of anilines is 2. The van der Waals surface area contributed by atoms with E-state index in [1.54, 1.807) is 42.6 Å². The summed E-state index contributed by atoms with van der Waals surface area (Å²) in [5.74, 6) is -0.818. The zero-order chi connectivity index (χ0) is 21.0. The van der Waals surface area contributed by atoms with Gasteiger partial charge in [-0.3, -0.25) is 9.52 Å². The van der Waals surface area contributed by atoms with E-state index in [2.05, 4.69) is 10.0 Å². The molecule has 1 heterocycles. The van der Waals surface area contributed by atoms with Gasteiger partial charge >= 0.3 is 0 Å². The molecule has 0 bridgehead atoms. The third kappa shape index (κ3) is 5.72. The van der Waals surface area contributed by atoms with Gasteiger partial charge in [0.25, 0.3) is 10.0 Å². The molecule has 3 rings (SSSR count). The molecule has 0 radical (unpaired) electrons. The molecule has 0 spiro atoms. The molecule has 10 heteroatoms. The minimum absolute atomic E-state index is 0.0660. The molecule has 2 N–H and O–H groups in total. The minimum Gasteiger partial charge on any atom is -0.325 e. The second-order valence-electron chi connectivity index (χ2n) is 5.94. The molecule has 29 heavy (non-hydrogen) atoms. The highest BCUT2D eigenvalue weighted by Crippen LogP contribution is 2.27. The Morgan fingerprint density at radius 2 is 1.83 bits per heavy atom. The monoisotopic (exact) mass is 470 g/mol. The number of carbonyl (C=O) groups is 1. The van der Waals surface area contributed by atoms with Crippen molar-refractivity contribution in [2.45, 2.75) is 21.3 Å². The summed E-state index contributed by atoms with van der Waals surface area (Å²) in [4.78, 5) is 13.1. The second-order valence-corrected chi connectivity index (χ2v) is 10.6. The third-order valence-corrected chi connectivity index (χ3v) is 7.92. The van der Waals surface area contributed by atoms with Gasteiger partial charge < -0.3 is 5.32 Å². The van der Waals surface area contributed by atoms with Crippen molar-refractivity contribution < 1.29 is 17.6 Å². The molecule has 0 aliphatic heterocycles. The summed E-state index contributed by atoms with van der Waals surface area (Å²) >= 11 is 8.17. The van der Waals surface area contributed by atoms with Crippen LogP contribution in [0.5, 0.6) is 0 Å². The van der Waals surface area contributed by atoms with Crippen LogP contribution in [0.2, 0.25) is 5.02 Å². The highest BCUT2D eigenvalue weighted by molar-refractivity contribution is 8.00. The first-order chi connectivity index (χ1) is 13.7. The molecule has 0 saturated heterocycles. The van der Waals surface area contributed by atoms with E-state index in [1.807, 2.05) is 0 Å². The molecule has 3 aromatic rings. The van der Waals surface area contributed by atoms with E-state index in [1.165, 1.54) is 36.0 Å². The normalized spacial score (nSPS) is 12.4. The van der Waals surface area contributed by atoms with E-state index >= 15 is 0 Å². The highest BCUT2D eigenvalue weighted by atomic mass is 35.5. The van der Waals surface area contributed by atoms with Gasteiger partial charge in [-0.25, -0.2) is 12.8 Å². The van der Waals surface area contributed by atoms with Crippen molar-refractivity contribution in [3.05, 3.63) is 70.8 Å². The number of carbonyl (C=O) groups excluding carboxylic acids is 1. The zero-order valence-electron chi connectivity index (χ0n) is 15.1. The summed E-state index contributed by atoms with van der Waals surface area (Å²) in [5, 5.41) is 3.88. The van der Waals surface area contributed by atoms with Crippen LogP contribution in [-0.4, -0.2) is 19.6 Å². The molecular formula is C19H16ClFN2O3S3. The van der Waals surface area contributed by atoms with Gasteiger partial charge in [0.15, 0.2) is 0 Å². The summed E-state index contributed by atoms with van der Waals surface area (Å²) in [6, 6.07) is 13.9. The summed E-state index contributed by atoms with van der Waals surface area (Å²) in [7, 11) is -3.60. The van der Waals surface area contributed by atoms with Crippen molar-refractivity contribution >= 4 is 62.0 Å². The van der Waals surface area contributed by atoms with Crippen LogP contribution >= 0.6 is 34.7 Å². The van der Waals surface area contributed by atoms with E-state index in [4.69, 9.17) is 11.6 Å². The fraction of sp³-hybridized carbons (Fsp3) is 0.105. The molecule has 1 aromatic heterocycles. The van der Waals surface area contributed by atoms with Crippen molar-refractivity contribution in [2.75, 3.05) is 10.0 Å². The van der Waals surface area contributed by atoms with E-state index in [0.717, 1.165) is 16.2 Å². The quantitative estimate of drug-likeness (QED) is 0.449. The van der Waals surface area contributed by atoms with Crippen molar-refractivity contribution in [1.29, 1.82) is 0 Å². The number of nitrogens with one attached hydrogen (secondary N) is 2. The number of thioether (sulfide) groups is 1. The maximum absolute atomic E-state index is 13.2. The Hall–Kier alpha value is -2.07. The predicted molar refractivity (Wildman–Crippen MR) is 117 cm³/mol. The van der Waals surface area contributed by atoms with Gasteiger partial charge in [0, 0.05) is 16.3 Å². The smallest absolute Gasteiger partial charge is 0.271 e. The molecule has 1 unspecified atom stereocenters. The van der Waals surface area contributed by atoms with Crippen LogP contribution in [0.3, 0.4) is 0 Å². The lowest BCUT2D eigenvalue weighted by Crippen LogP contribution is -2.22. The third-order valence-electron chi connectivity index (χ3n) is 3.74. The van der Waals surface area contributed by atoms with Crippen LogP contribution in [0.25, 0.3) is 0 Å². The Labute approximate surface area is 181 Å². The van der Waals surface area contributed by atoms with Crippen molar-refractivity contribution in [3.8, 4) is 0 Å². The van der Waals surface area contributed by atoms with Gasteiger partial charge in [0.1, 0.15) is 10.0 Å². The zero-order valence-corrected chi connectivity index (χ0v) is 18.3. The Balaban J connectivity index is 1.60. The fourth-order valence-corrected chi connectivity index (χ4v) is 5.40. The average Bonchev–Trinajstić information content (AvgIpc) is 3.22. The van der Waals surface area contributed by atoms with Gasteiger partial charge in [-0.1, -0.05) is 17.7 Å². The van der Waals surface area contributed by atoms with Gasteiger partial charge in [-0.15, -0.1) is 23.1 Å². The van der Waals surface area contributed by atoms with E-state index < -0.39 is 21.1 Å². The minimum atomic E-state index is -3.60. The lowest BCUT2D eigenvalue weighted by Gasteiger charge is -2.13.